The van der Waals surface area contributed by atoms with Gasteiger partial charge in [-0.3, -0.25) is 0 Å². The highest BCUT2D eigenvalue weighted by atomic mass is 16.5. The fourth-order valence-corrected chi connectivity index (χ4v) is 3.29. The Bertz CT molecular complexity index is 626. The van der Waals surface area contributed by atoms with Crippen molar-refractivity contribution in [3.05, 3.63) is 59.7 Å². The molecular formula is C24H34O2. The molecule has 2 rings (SSSR count). The molecule has 0 heterocycles. The summed E-state index contributed by atoms with van der Waals surface area (Å²) in [6, 6.07) is 15.9. The lowest BCUT2D eigenvalue weighted by molar-refractivity contribution is 0.110. The van der Waals surface area contributed by atoms with Gasteiger partial charge in [0.25, 0.3) is 0 Å². The number of hydrogen-bond donors (Lipinski definition) is 1. The highest BCUT2D eigenvalue weighted by molar-refractivity contribution is 5.29. The van der Waals surface area contributed by atoms with E-state index in [1.165, 1.54) is 44.1 Å². The van der Waals surface area contributed by atoms with Gasteiger partial charge in [-0.25, -0.2) is 0 Å². The van der Waals surface area contributed by atoms with Crippen LogP contribution >= 0.6 is 0 Å². The first-order chi connectivity index (χ1) is 12.5. The van der Waals surface area contributed by atoms with Gasteiger partial charge in [0.1, 0.15) is 17.1 Å². The van der Waals surface area contributed by atoms with E-state index in [2.05, 4.69) is 45.0 Å². The second-order valence-electron chi connectivity index (χ2n) is 7.87. The van der Waals surface area contributed by atoms with Gasteiger partial charge in [0.15, 0.2) is 0 Å². The standard InChI is InChI=1S/C24H34O2/c1-4-5-6-7-8-9-10-20-13-17-23(18-14-20)26-24(2,3)19-21-11-15-22(25)16-12-21/h11-18,25H,4-10,19H2,1-3H3. The molecular weight excluding hydrogens is 320 g/mol. The van der Waals surface area contributed by atoms with Crippen LogP contribution in [0.2, 0.25) is 0 Å². The van der Waals surface area contributed by atoms with Crippen molar-refractivity contribution in [3.8, 4) is 11.5 Å². The van der Waals surface area contributed by atoms with Crippen molar-refractivity contribution in [3.63, 3.8) is 0 Å². The van der Waals surface area contributed by atoms with Gasteiger partial charge in [0.2, 0.25) is 0 Å². The third-order valence-electron chi connectivity index (χ3n) is 4.70. The first-order valence-electron chi connectivity index (χ1n) is 10.0. The second-order valence-corrected chi connectivity index (χ2v) is 7.87. The molecule has 0 saturated carbocycles. The van der Waals surface area contributed by atoms with Crippen molar-refractivity contribution in [2.45, 2.75) is 77.7 Å². The van der Waals surface area contributed by atoms with Gasteiger partial charge < -0.3 is 9.84 Å². The van der Waals surface area contributed by atoms with Crippen molar-refractivity contribution in [2.24, 2.45) is 0 Å². The summed E-state index contributed by atoms with van der Waals surface area (Å²) in [7, 11) is 0. The van der Waals surface area contributed by atoms with Crippen LogP contribution in [0.1, 0.15) is 70.4 Å². The monoisotopic (exact) mass is 354 g/mol. The average Bonchev–Trinajstić information content (AvgIpc) is 2.61. The topological polar surface area (TPSA) is 29.5 Å². The maximum Gasteiger partial charge on any atom is 0.120 e. The summed E-state index contributed by atoms with van der Waals surface area (Å²) in [5.41, 5.74) is 2.26. The SMILES string of the molecule is CCCCCCCCc1ccc(OC(C)(C)Cc2ccc(O)cc2)cc1. The molecule has 0 bridgehead atoms. The molecule has 1 N–H and O–H groups in total. The van der Waals surface area contributed by atoms with E-state index in [0.29, 0.717) is 5.75 Å². The molecule has 0 spiro atoms. The zero-order valence-electron chi connectivity index (χ0n) is 16.6. The lowest BCUT2D eigenvalue weighted by Crippen LogP contribution is -2.30. The van der Waals surface area contributed by atoms with Crippen LogP contribution in [0.3, 0.4) is 0 Å². The molecule has 0 amide bonds. The van der Waals surface area contributed by atoms with Crippen molar-refractivity contribution < 1.29 is 9.84 Å². The molecule has 0 aliphatic heterocycles. The highest BCUT2D eigenvalue weighted by Gasteiger charge is 2.20. The average molecular weight is 355 g/mol. The Morgan fingerprint density at radius 3 is 2.00 bits per heavy atom. The highest BCUT2D eigenvalue weighted by Crippen LogP contribution is 2.24. The summed E-state index contributed by atoms with van der Waals surface area (Å²) in [5, 5.41) is 9.40. The van der Waals surface area contributed by atoms with Crippen LogP contribution in [0.4, 0.5) is 0 Å². The summed E-state index contributed by atoms with van der Waals surface area (Å²) >= 11 is 0. The number of unbranched alkanes of at least 4 members (excludes halogenated alkanes) is 5. The van der Waals surface area contributed by atoms with E-state index in [1.54, 1.807) is 12.1 Å². The number of aryl methyl sites for hydroxylation is 1. The number of aromatic hydroxyl groups is 1. The maximum atomic E-state index is 9.40. The van der Waals surface area contributed by atoms with Crippen molar-refractivity contribution in [1.29, 1.82) is 0 Å². The van der Waals surface area contributed by atoms with Crippen LogP contribution in [-0.4, -0.2) is 10.7 Å². The predicted molar refractivity (Wildman–Crippen MR) is 110 cm³/mol. The van der Waals surface area contributed by atoms with E-state index in [1.807, 2.05) is 12.1 Å². The van der Waals surface area contributed by atoms with Gasteiger partial charge in [-0.15, -0.1) is 0 Å². The molecule has 0 aromatic heterocycles. The first kappa shape index (κ1) is 20.4. The molecule has 0 fully saturated rings. The lowest BCUT2D eigenvalue weighted by atomic mass is 9.98. The third kappa shape index (κ3) is 7.51. The van der Waals surface area contributed by atoms with E-state index in [4.69, 9.17) is 4.74 Å². The summed E-state index contributed by atoms with van der Waals surface area (Å²) in [4.78, 5) is 0. The summed E-state index contributed by atoms with van der Waals surface area (Å²) < 4.78 is 6.20. The third-order valence-corrected chi connectivity index (χ3v) is 4.70. The molecule has 0 atom stereocenters. The van der Waals surface area contributed by atoms with Gasteiger partial charge in [-0.1, -0.05) is 63.3 Å². The minimum atomic E-state index is -0.294. The molecule has 2 aromatic carbocycles. The van der Waals surface area contributed by atoms with Crippen LogP contribution in [0.5, 0.6) is 11.5 Å². The second kappa shape index (κ2) is 10.3. The smallest absolute Gasteiger partial charge is 0.120 e. The Kier molecular flexibility index (Phi) is 8.03. The fraction of sp³-hybridized carbons (Fsp3) is 0.500. The fourth-order valence-electron chi connectivity index (χ4n) is 3.29. The van der Waals surface area contributed by atoms with Gasteiger partial charge in [-0.2, -0.15) is 0 Å². The van der Waals surface area contributed by atoms with Crippen molar-refractivity contribution >= 4 is 0 Å². The maximum absolute atomic E-state index is 9.40. The number of hydrogen-bond acceptors (Lipinski definition) is 2. The zero-order chi connectivity index (χ0) is 18.8. The molecule has 0 aliphatic rings. The Balaban J connectivity index is 1.79. The van der Waals surface area contributed by atoms with Crippen LogP contribution in [0, 0.1) is 0 Å². The van der Waals surface area contributed by atoms with E-state index >= 15 is 0 Å². The number of rotatable bonds is 11. The van der Waals surface area contributed by atoms with Crippen molar-refractivity contribution in [1.82, 2.24) is 0 Å². The Hall–Kier alpha value is -1.96. The van der Waals surface area contributed by atoms with E-state index in [0.717, 1.165) is 24.2 Å². The van der Waals surface area contributed by atoms with Crippen molar-refractivity contribution in [2.75, 3.05) is 0 Å². The minimum Gasteiger partial charge on any atom is -0.508 e. The Morgan fingerprint density at radius 1 is 0.769 bits per heavy atom. The molecule has 2 aromatic rings. The van der Waals surface area contributed by atoms with E-state index < -0.39 is 0 Å². The Morgan fingerprint density at radius 2 is 1.35 bits per heavy atom. The van der Waals surface area contributed by atoms with Gasteiger partial charge >= 0.3 is 0 Å². The Labute approximate surface area is 159 Å². The first-order valence-corrected chi connectivity index (χ1v) is 10.0. The summed E-state index contributed by atoms with van der Waals surface area (Å²) in [6.45, 7) is 6.46. The normalized spacial score (nSPS) is 11.5. The number of phenols is 1. The van der Waals surface area contributed by atoms with Crippen LogP contribution < -0.4 is 4.74 Å². The number of phenolic OH excluding ortho intramolecular Hbond substituents is 1. The van der Waals surface area contributed by atoms with Crippen LogP contribution in [0.25, 0.3) is 0 Å². The van der Waals surface area contributed by atoms with Gasteiger partial charge in [0, 0.05) is 6.42 Å². The summed E-state index contributed by atoms with van der Waals surface area (Å²) in [5.74, 6) is 1.22. The largest absolute Gasteiger partial charge is 0.508 e. The molecule has 2 heteroatoms. The van der Waals surface area contributed by atoms with Gasteiger partial charge in [0.05, 0.1) is 0 Å². The molecule has 26 heavy (non-hydrogen) atoms. The molecule has 142 valence electrons. The minimum absolute atomic E-state index is 0.294. The number of benzene rings is 2. The lowest BCUT2D eigenvalue weighted by Gasteiger charge is -2.27. The van der Waals surface area contributed by atoms with E-state index in [-0.39, 0.29) is 5.60 Å². The molecule has 2 nitrogen and oxygen atoms in total. The van der Waals surface area contributed by atoms with Gasteiger partial charge in [-0.05, 0) is 62.1 Å². The van der Waals surface area contributed by atoms with E-state index in [9.17, 15) is 5.11 Å². The van der Waals surface area contributed by atoms with Crippen LogP contribution in [0.15, 0.2) is 48.5 Å². The molecule has 0 aliphatic carbocycles. The van der Waals surface area contributed by atoms with Crippen LogP contribution in [-0.2, 0) is 12.8 Å². The molecule has 0 radical (unpaired) electrons. The summed E-state index contributed by atoms with van der Waals surface area (Å²) in [6.07, 6.45) is 9.97. The quantitative estimate of drug-likeness (QED) is 0.455. The zero-order valence-corrected chi connectivity index (χ0v) is 16.6. The number of ether oxygens (including phenoxy) is 1. The molecule has 0 unspecified atom stereocenters. The molecule has 0 saturated heterocycles. The predicted octanol–water partition coefficient (Wildman–Crippen LogP) is 6.70.